The van der Waals surface area contributed by atoms with Gasteiger partial charge in [-0.15, -0.1) is 11.3 Å². The number of hydrogen-bond acceptors (Lipinski definition) is 6. The molecule has 0 aliphatic heterocycles. The lowest BCUT2D eigenvalue weighted by Crippen LogP contribution is -2.12. The minimum atomic E-state index is -0.380. The summed E-state index contributed by atoms with van der Waals surface area (Å²) >= 11 is 1.73. The number of carbonyl (C=O) groups is 1. The van der Waals surface area contributed by atoms with E-state index in [1.807, 2.05) is 6.07 Å². The number of aromatic nitrogens is 2. The van der Waals surface area contributed by atoms with Gasteiger partial charge in [-0.25, -0.2) is 14.8 Å². The lowest BCUT2D eigenvalue weighted by atomic mass is 10.2. The Morgan fingerprint density at radius 2 is 2.35 bits per heavy atom. The molecular weight excluding hydrogens is 274 g/mol. The van der Waals surface area contributed by atoms with Crippen LogP contribution in [-0.2, 0) is 11.2 Å². The largest absolute Gasteiger partial charge is 0.462 e. The van der Waals surface area contributed by atoms with Gasteiger partial charge in [0, 0.05) is 17.6 Å². The number of rotatable bonds is 6. The van der Waals surface area contributed by atoms with Crippen molar-refractivity contribution in [2.24, 2.45) is 0 Å². The van der Waals surface area contributed by atoms with Crippen LogP contribution >= 0.6 is 11.3 Å². The number of hydrogen-bond donors (Lipinski definition) is 1. The molecule has 5 nitrogen and oxygen atoms in total. The Labute approximate surface area is 122 Å². The van der Waals surface area contributed by atoms with Crippen LogP contribution in [0.25, 0.3) is 0 Å². The molecule has 0 bridgehead atoms. The molecule has 0 radical (unpaired) electrons. The first kappa shape index (κ1) is 14.5. The zero-order valence-corrected chi connectivity index (χ0v) is 12.4. The molecular formula is C14H17N3O2S. The van der Waals surface area contributed by atoms with Crippen LogP contribution in [-0.4, -0.2) is 29.1 Å². The summed E-state index contributed by atoms with van der Waals surface area (Å²) in [6.07, 6.45) is 2.44. The van der Waals surface area contributed by atoms with Crippen molar-refractivity contribution in [3.63, 3.8) is 0 Å². The van der Waals surface area contributed by atoms with Gasteiger partial charge in [0.25, 0.3) is 0 Å². The summed E-state index contributed by atoms with van der Waals surface area (Å²) in [4.78, 5) is 21.4. The van der Waals surface area contributed by atoms with E-state index in [-0.39, 0.29) is 5.97 Å². The van der Waals surface area contributed by atoms with Gasteiger partial charge in [0.05, 0.1) is 17.9 Å². The Balaban J connectivity index is 1.93. The summed E-state index contributed by atoms with van der Waals surface area (Å²) in [5.74, 6) is 0.155. The van der Waals surface area contributed by atoms with Crippen molar-refractivity contribution >= 4 is 23.3 Å². The number of thiophene rings is 1. The Bertz CT molecular complexity index is 570. The third kappa shape index (κ3) is 3.77. The molecule has 2 heterocycles. The number of esters is 1. The van der Waals surface area contributed by atoms with Gasteiger partial charge in [0.15, 0.2) is 0 Å². The van der Waals surface area contributed by atoms with Gasteiger partial charge in [0.2, 0.25) is 5.95 Å². The lowest BCUT2D eigenvalue weighted by molar-refractivity contribution is 0.0524. The van der Waals surface area contributed by atoms with Gasteiger partial charge in [-0.05, 0) is 31.7 Å². The van der Waals surface area contributed by atoms with Crippen LogP contribution in [0.15, 0.2) is 23.7 Å². The maximum atomic E-state index is 11.6. The van der Waals surface area contributed by atoms with E-state index in [4.69, 9.17) is 4.74 Å². The first-order chi connectivity index (χ1) is 9.70. The van der Waals surface area contributed by atoms with Crippen molar-refractivity contribution in [1.29, 1.82) is 0 Å². The van der Waals surface area contributed by atoms with Crippen LogP contribution in [0.4, 0.5) is 5.95 Å². The van der Waals surface area contributed by atoms with E-state index in [1.165, 1.54) is 11.1 Å². The molecule has 0 aliphatic rings. The maximum absolute atomic E-state index is 11.6. The van der Waals surface area contributed by atoms with E-state index in [9.17, 15) is 4.79 Å². The van der Waals surface area contributed by atoms with Crippen molar-refractivity contribution in [3.05, 3.63) is 39.8 Å². The maximum Gasteiger partial charge on any atom is 0.341 e. The minimum Gasteiger partial charge on any atom is -0.462 e. The van der Waals surface area contributed by atoms with Gasteiger partial charge in [-0.3, -0.25) is 0 Å². The van der Waals surface area contributed by atoms with Crippen molar-refractivity contribution in [1.82, 2.24) is 9.97 Å². The third-order valence-electron chi connectivity index (χ3n) is 2.71. The highest BCUT2D eigenvalue weighted by atomic mass is 32.1. The fourth-order valence-electron chi connectivity index (χ4n) is 1.71. The summed E-state index contributed by atoms with van der Waals surface area (Å²) < 4.78 is 4.94. The van der Waals surface area contributed by atoms with Crippen molar-refractivity contribution in [3.8, 4) is 0 Å². The molecule has 2 rings (SSSR count). The molecule has 1 N–H and O–H groups in total. The number of carbonyl (C=O) groups excluding carboxylic acids is 1. The molecule has 0 aliphatic carbocycles. The van der Waals surface area contributed by atoms with Crippen LogP contribution in [0.1, 0.15) is 27.9 Å². The van der Waals surface area contributed by atoms with Gasteiger partial charge in [-0.2, -0.15) is 0 Å². The Morgan fingerprint density at radius 1 is 1.50 bits per heavy atom. The molecule has 0 saturated carbocycles. The van der Waals surface area contributed by atoms with Crippen molar-refractivity contribution in [2.45, 2.75) is 20.3 Å². The average molecular weight is 291 g/mol. The highest BCUT2D eigenvalue weighted by Crippen LogP contribution is 2.11. The lowest BCUT2D eigenvalue weighted by Gasteiger charge is -2.07. The molecule has 0 aromatic carbocycles. The first-order valence-corrected chi connectivity index (χ1v) is 7.35. The zero-order valence-electron chi connectivity index (χ0n) is 11.5. The minimum absolute atomic E-state index is 0.346. The van der Waals surface area contributed by atoms with E-state index < -0.39 is 0 Å². The van der Waals surface area contributed by atoms with Crippen LogP contribution in [0, 0.1) is 6.92 Å². The summed E-state index contributed by atoms with van der Waals surface area (Å²) in [6, 6.07) is 4.14. The molecule has 2 aromatic heterocycles. The second-order valence-electron chi connectivity index (χ2n) is 4.17. The fraction of sp³-hybridized carbons (Fsp3) is 0.357. The Kier molecular flexibility index (Phi) is 5.06. The highest BCUT2D eigenvalue weighted by Gasteiger charge is 2.12. The standard InChI is InChI=1S/C14H17N3O2S/c1-3-19-13(18)12-9-16-14(17-10(12)2)15-7-6-11-5-4-8-20-11/h4-5,8-9H,3,6-7H2,1-2H3,(H,15,16,17). The average Bonchev–Trinajstić information content (AvgIpc) is 2.92. The van der Waals surface area contributed by atoms with Crippen LogP contribution < -0.4 is 5.32 Å². The van der Waals surface area contributed by atoms with Crippen LogP contribution in [0.5, 0.6) is 0 Å². The predicted molar refractivity (Wildman–Crippen MR) is 79.2 cm³/mol. The quantitative estimate of drug-likeness (QED) is 0.829. The topological polar surface area (TPSA) is 64.1 Å². The number of aryl methyl sites for hydroxylation is 1. The van der Waals surface area contributed by atoms with Gasteiger partial charge < -0.3 is 10.1 Å². The van der Waals surface area contributed by atoms with Crippen LogP contribution in [0.2, 0.25) is 0 Å². The van der Waals surface area contributed by atoms with Crippen LogP contribution in [0.3, 0.4) is 0 Å². The Hall–Kier alpha value is -1.95. The molecule has 2 aromatic rings. The zero-order chi connectivity index (χ0) is 14.4. The monoisotopic (exact) mass is 291 g/mol. The van der Waals surface area contributed by atoms with Crippen molar-refractivity contribution in [2.75, 3.05) is 18.5 Å². The van der Waals surface area contributed by atoms with E-state index in [2.05, 4.69) is 26.7 Å². The summed E-state index contributed by atoms with van der Waals surface area (Å²) in [7, 11) is 0. The summed E-state index contributed by atoms with van der Waals surface area (Å²) in [6.45, 7) is 4.66. The molecule has 0 fully saturated rings. The second kappa shape index (κ2) is 7.00. The summed E-state index contributed by atoms with van der Waals surface area (Å²) in [5.41, 5.74) is 1.03. The molecule has 0 atom stereocenters. The second-order valence-corrected chi connectivity index (χ2v) is 5.20. The number of ether oxygens (including phenoxy) is 1. The molecule has 20 heavy (non-hydrogen) atoms. The number of anilines is 1. The molecule has 0 unspecified atom stereocenters. The number of nitrogens with one attached hydrogen (secondary N) is 1. The Morgan fingerprint density at radius 3 is 3.00 bits per heavy atom. The molecule has 6 heteroatoms. The molecule has 0 spiro atoms. The van der Waals surface area contributed by atoms with Gasteiger partial charge in [-0.1, -0.05) is 6.07 Å². The first-order valence-electron chi connectivity index (χ1n) is 6.47. The normalized spacial score (nSPS) is 10.3. The smallest absolute Gasteiger partial charge is 0.341 e. The third-order valence-corrected chi connectivity index (χ3v) is 3.65. The van der Waals surface area contributed by atoms with Gasteiger partial charge in [0.1, 0.15) is 0 Å². The highest BCUT2D eigenvalue weighted by molar-refractivity contribution is 7.09. The predicted octanol–water partition coefficient (Wildman–Crippen LogP) is 2.68. The summed E-state index contributed by atoms with van der Waals surface area (Å²) in [5, 5.41) is 5.21. The van der Waals surface area contributed by atoms with Crippen molar-refractivity contribution < 1.29 is 9.53 Å². The molecule has 106 valence electrons. The molecule has 0 saturated heterocycles. The molecule has 0 amide bonds. The van der Waals surface area contributed by atoms with Gasteiger partial charge >= 0.3 is 5.97 Å². The van der Waals surface area contributed by atoms with E-state index >= 15 is 0 Å². The van der Waals surface area contributed by atoms with E-state index in [0.717, 1.165) is 13.0 Å². The van der Waals surface area contributed by atoms with E-state index in [1.54, 1.807) is 25.2 Å². The number of nitrogens with zero attached hydrogens (tertiary/aromatic N) is 2. The fourth-order valence-corrected chi connectivity index (χ4v) is 2.42. The SMILES string of the molecule is CCOC(=O)c1cnc(NCCc2cccs2)nc1C. The van der Waals surface area contributed by atoms with E-state index in [0.29, 0.717) is 23.8 Å².